The highest BCUT2D eigenvalue weighted by molar-refractivity contribution is 5.50. The number of piperidine rings is 1. The van der Waals surface area contributed by atoms with Crippen molar-refractivity contribution in [2.75, 3.05) is 48.1 Å². The minimum absolute atomic E-state index is 0.345. The van der Waals surface area contributed by atoms with E-state index < -0.39 is 0 Å². The van der Waals surface area contributed by atoms with E-state index in [1.54, 1.807) is 28.4 Å². The van der Waals surface area contributed by atoms with Gasteiger partial charge in [-0.2, -0.15) is 0 Å². The molecule has 1 N–H and O–H groups in total. The summed E-state index contributed by atoms with van der Waals surface area (Å²) in [5, 5.41) is 3.83. The first-order chi connectivity index (χ1) is 17.1. The van der Waals surface area contributed by atoms with Gasteiger partial charge in [0.15, 0.2) is 23.0 Å². The number of fused-ring (bicyclic) bond motifs is 4. The maximum atomic E-state index is 5.68. The summed E-state index contributed by atoms with van der Waals surface area (Å²) in [6.07, 6.45) is 5.65. The van der Waals surface area contributed by atoms with Crippen molar-refractivity contribution >= 4 is 0 Å². The first-order valence-corrected chi connectivity index (χ1v) is 13.1. The Morgan fingerprint density at radius 1 is 0.800 bits per heavy atom. The summed E-state index contributed by atoms with van der Waals surface area (Å²) >= 11 is 0. The van der Waals surface area contributed by atoms with Crippen molar-refractivity contribution in [3.63, 3.8) is 0 Å². The van der Waals surface area contributed by atoms with Crippen LogP contribution in [-0.4, -0.2) is 53.0 Å². The third kappa shape index (κ3) is 4.47. The zero-order valence-electron chi connectivity index (χ0n) is 21.9. The number of hydrogen-bond acceptors (Lipinski definition) is 6. The Hall–Kier alpha value is -2.44. The molecule has 3 heterocycles. The normalized spacial score (nSPS) is 25.7. The van der Waals surface area contributed by atoms with Gasteiger partial charge in [0.25, 0.3) is 0 Å². The second kappa shape index (κ2) is 10.3. The Bertz CT molecular complexity index is 1050. The average Bonchev–Trinajstić information content (AvgIpc) is 2.91. The second-order valence-corrected chi connectivity index (χ2v) is 10.2. The van der Waals surface area contributed by atoms with Crippen LogP contribution in [0.2, 0.25) is 0 Å². The van der Waals surface area contributed by atoms with Gasteiger partial charge in [-0.05, 0) is 90.6 Å². The molecule has 35 heavy (non-hydrogen) atoms. The standard InChI is InChI=1S/C29H40N2O4/c1-6-18-17-31-10-8-20-14-27(33-3)29(35-5)16-23(20)25(31)12-21(18)11-24-22-15-28(34-4)26(32-2)13-19(22)7-9-30-24/h13-16,18,21,24-25,30H,6-12,17H2,1-5H3/t18-,21-,24-,25+/m0/s1. The molecule has 0 saturated carbocycles. The summed E-state index contributed by atoms with van der Waals surface area (Å²) < 4.78 is 22.5. The van der Waals surface area contributed by atoms with Crippen LogP contribution >= 0.6 is 0 Å². The van der Waals surface area contributed by atoms with Crippen LogP contribution in [0.3, 0.4) is 0 Å². The van der Waals surface area contributed by atoms with E-state index in [4.69, 9.17) is 18.9 Å². The summed E-state index contributed by atoms with van der Waals surface area (Å²) in [6.45, 7) is 5.66. The summed E-state index contributed by atoms with van der Waals surface area (Å²) in [7, 11) is 6.90. The monoisotopic (exact) mass is 480 g/mol. The fraction of sp³-hybridized carbons (Fsp3) is 0.586. The second-order valence-electron chi connectivity index (χ2n) is 10.2. The van der Waals surface area contributed by atoms with Gasteiger partial charge in [0.1, 0.15) is 0 Å². The van der Waals surface area contributed by atoms with Crippen LogP contribution in [0.5, 0.6) is 23.0 Å². The third-order valence-corrected chi connectivity index (χ3v) is 8.64. The average molecular weight is 481 g/mol. The molecular formula is C29H40N2O4. The molecule has 4 atom stereocenters. The Morgan fingerprint density at radius 3 is 2.03 bits per heavy atom. The molecule has 2 aromatic rings. The SMILES string of the molecule is CC[C@H]1CN2CCc3cc(OC)c(OC)cc3[C@H]2C[C@@H]1C[C@@H]1NCCc2cc(OC)c(OC)cc21. The van der Waals surface area contributed by atoms with E-state index in [1.165, 1.54) is 41.6 Å². The number of hydrogen-bond donors (Lipinski definition) is 1. The minimum Gasteiger partial charge on any atom is -0.493 e. The Morgan fingerprint density at radius 2 is 1.40 bits per heavy atom. The van der Waals surface area contributed by atoms with Gasteiger partial charge in [-0.3, -0.25) is 4.90 Å². The minimum atomic E-state index is 0.345. The lowest BCUT2D eigenvalue weighted by Gasteiger charge is -2.48. The summed E-state index contributed by atoms with van der Waals surface area (Å²) in [5.41, 5.74) is 5.60. The van der Waals surface area contributed by atoms with Crippen LogP contribution in [0.15, 0.2) is 24.3 Å². The largest absolute Gasteiger partial charge is 0.493 e. The zero-order chi connectivity index (χ0) is 24.5. The van der Waals surface area contributed by atoms with Gasteiger partial charge in [-0.25, -0.2) is 0 Å². The van der Waals surface area contributed by atoms with Crippen LogP contribution in [0.25, 0.3) is 0 Å². The number of rotatable bonds is 7. The Kier molecular flexibility index (Phi) is 7.12. The first kappa shape index (κ1) is 24.3. The van der Waals surface area contributed by atoms with Gasteiger partial charge >= 0.3 is 0 Å². The lowest BCUT2D eigenvalue weighted by Crippen LogP contribution is -2.46. The predicted octanol–water partition coefficient (Wildman–Crippen LogP) is 4.94. The Labute approximate surface area is 209 Å². The highest BCUT2D eigenvalue weighted by Crippen LogP contribution is 2.48. The molecule has 0 amide bonds. The van der Waals surface area contributed by atoms with E-state index in [-0.39, 0.29) is 0 Å². The smallest absolute Gasteiger partial charge is 0.161 e. The molecule has 0 radical (unpaired) electrons. The summed E-state index contributed by atoms with van der Waals surface area (Å²) in [5.74, 6) is 4.69. The zero-order valence-corrected chi connectivity index (χ0v) is 21.9. The van der Waals surface area contributed by atoms with E-state index in [9.17, 15) is 0 Å². The molecule has 1 saturated heterocycles. The number of ether oxygens (including phenoxy) is 4. The molecule has 5 rings (SSSR count). The topological polar surface area (TPSA) is 52.2 Å². The van der Waals surface area contributed by atoms with Crippen molar-refractivity contribution in [1.29, 1.82) is 0 Å². The van der Waals surface area contributed by atoms with Crippen molar-refractivity contribution < 1.29 is 18.9 Å². The number of methoxy groups -OCH3 is 4. The molecule has 3 aliphatic heterocycles. The lowest BCUT2D eigenvalue weighted by atomic mass is 9.72. The van der Waals surface area contributed by atoms with Gasteiger partial charge in [0.05, 0.1) is 28.4 Å². The van der Waals surface area contributed by atoms with Crippen molar-refractivity contribution in [2.45, 2.75) is 51.1 Å². The van der Waals surface area contributed by atoms with Gasteiger partial charge in [0.2, 0.25) is 0 Å². The third-order valence-electron chi connectivity index (χ3n) is 8.64. The van der Waals surface area contributed by atoms with E-state index in [0.29, 0.717) is 23.9 Å². The lowest BCUT2D eigenvalue weighted by molar-refractivity contribution is 0.0434. The van der Waals surface area contributed by atoms with Crippen molar-refractivity contribution in [2.24, 2.45) is 11.8 Å². The molecule has 0 bridgehead atoms. The molecule has 6 heteroatoms. The molecule has 0 aliphatic carbocycles. The molecule has 190 valence electrons. The van der Waals surface area contributed by atoms with Gasteiger partial charge in [0, 0.05) is 25.2 Å². The predicted molar refractivity (Wildman–Crippen MR) is 138 cm³/mol. The molecule has 0 spiro atoms. The van der Waals surface area contributed by atoms with Crippen molar-refractivity contribution in [3.05, 3.63) is 46.5 Å². The molecule has 0 aromatic heterocycles. The van der Waals surface area contributed by atoms with Crippen LogP contribution < -0.4 is 24.3 Å². The molecule has 2 aromatic carbocycles. The van der Waals surface area contributed by atoms with Gasteiger partial charge in [-0.1, -0.05) is 13.3 Å². The van der Waals surface area contributed by atoms with Crippen LogP contribution in [0.1, 0.15) is 60.5 Å². The van der Waals surface area contributed by atoms with E-state index in [1.807, 2.05) is 0 Å². The molecule has 3 aliphatic rings. The summed E-state index contributed by atoms with van der Waals surface area (Å²) in [6, 6.07) is 9.61. The molecule has 6 nitrogen and oxygen atoms in total. The molecular weight excluding hydrogens is 440 g/mol. The van der Waals surface area contributed by atoms with Gasteiger partial charge < -0.3 is 24.3 Å². The highest BCUT2D eigenvalue weighted by Gasteiger charge is 2.40. The quantitative estimate of drug-likeness (QED) is 0.606. The number of nitrogens with zero attached hydrogens (tertiary/aromatic N) is 1. The fourth-order valence-electron chi connectivity index (χ4n) is 6.74. The highest BCUT2D eigenvalue weighted by atomic mass is 16.5. The van der Waals surface area contributed by atoms with Crippen LogP contribution in [-0.2, 0) is 12.8 Å². The van der Waals surface area contributed by atoms with Crippen molar-refractivity contribution in [1.82, 2.24) is 10.2 Å². The maximum Gasteiger partial charge on any atom is 0.161 e. The van der Waals surface area contributed by atoms with Gasteiger partial charge in [-0.15, -0.1) is 0 Å². The number of nitrogens with one attached hydrogen (secondary N) is 1. The maximum absolute atomic E-state index is 5.68. The summed E-state index contributed by atoms with van der Waals surface area (Å²) in [4.78, 5) is 2.72. The van der Waals surface area contributed by atoms with Crippen molar-refractivity contribution in [3.8, 4) is 23.0 Å². The van der Waals surface area contributed by atoms with E-state index >= 15 is 0 Å². The van der Waals surface area contributed by atoms with E-state index in [2.05, 4.69) is 41.4 Å². The number of benzene rings is 2. The Balaban J connectivity index is 1.43. The first-order valence-electron chi connectivity index (χ1n) is 13.1. The van der Waals surface area contributed by atoms with Crippen LogP contribution in [0.4, 0.5) is 0 Å². The fourth-order valence-corrected chi connectivity index (χ4v) is 6.74. The molecule has 1 fully saturated rings. The van der Waals surface area contributed by atoms with E-state index in [0.717, 1.165) is 55.4 Å². The van der Waals surface area contributed by atoms with Crippen LogP contribution in [0, 0.1) is 11.8 Å². The molecule has 0 unspecified atom stereocenters.